The Morgan fingerprint density at radius 3 is 2.48 bits per heavy atom. The number of aromatic nitrogens is 1. The lowest BCUT2D eigenvalue weighted by Crippen LogP contribution is -2.51. The van der Waals surface area contributed by atoms with Gasteiger partial charge in [0.15, 0.2) is 0 Å². The molecule has 7 nitrogen and oxygen atoms in total. The van der Waals surface area contributed by atoms with Crippen LogP contribution in [0.2, 0.25) is 0 Å². The van der Waals surface area contributed by atoms with E-state index in [-0.39, 0.29) is 5.82 Å². The van der Waals surface area contributed by atoms with Gasteiger partial charge in [0.25, 0.3) is 0 Å². The number of piperazine rings is 1. The van der Waals surface area contributed by atoms with Gasteiger partial charge in [-0.05, 0) is 39.0 Å². The standard InChI is InChI=1S/C19H24FN3O4/c1-19(2,3)27-18(26)23-8-6-22(7-9-23)16(17(24)25)14-11-21-15-10-12(20)4-5-13(14)15/h4-5,10-11,16,21H,6-9H2,1-3H3,(H,24,25)/t16-/m1/s1. The van der Waals surface area contributed by atoms with E-state index in [1.807, 2.05) is 25.7 Å². The van der Waals surface area contributed by atoms with E-state index < -0.39 is 23.7 Å². The Morgan fingerprint density at radius 2 is 1.89 bits per heavy atom. The summed E-state index contributed by atoms with van der Waals surface area (Å²) in [6.07, 6.45) is 1.22. The summed E-state index contributed by atoms with van der Waals surface area (Å²) in [5.74, 6) is -1.36. The number of carboxylic acids is 1. The van der Waals surface area contributed by atoms with Crippen molar-refractivity contribution in [3.63, 3.8) is 0 Å². The van der Waals surface area contributed by atoms with Crippen molar-refractivity contribution in [1.82, 2.24) is 14.8 Å². The van der Waals surface area contributed by atoms with Gasteiger partial charge in [-0.3, -0.25) is 9.69 Å². The van der Waals surface area contributed by atoms with Gasteiger partial charge in [-0.25, -0.2) is 9.18 Å². The van der Waals surface area contributed by atoms with Gasteiger partial charge in [-0.15, -0.1) is 0 Å². The Kier molecular flexibility index (Phi) is 5.10. The van der Waals surface area contributed by atoms with Gasteiger partial charge in [0, 0.05) is 48.8 Å². The first-order valence-electron chi connectivity index (χ1n) is 8.87. The number of hydrogen-bond acceptors (Lipinski definition) is 4. The number of fused-ring (bicyclic) bond motifs is 1. The highest BCUT2D eigenvalue weighted by Crippen LogP contribution is 2.30. The van der Waals surface area contributed by atoms with E-state index in [0.29, 0.717) is 42.6 Å². The first-order valence-corrected chi connectivity index (χ1v) is 8.87. The van der Waals surface area contributed by atoms with Crippen LogP contribution in [-0.2, 0) is 9.53 Å². The molecule has 1 aromatic carbocycles. The van der Waals surface area contributed by atoms with Crippen LogP contribution in [0.25, 0.3) is 10.9 Å². The van der Waals surface area contributed by atoms with E-state index in [1.165, 1.54) is 12.1 Å². The van der Waals surface area contributed by atoms with Gasteiger partial charge in [-0.2, -0.15) is 0 Å². The van der Waals surface area contributed by atoms with Crippen molar-refractivity contribution < 1.29 is 23.8 Å². The minimum absolute atomic E-state index is 0.381. The van der Waals surface area contributed by atoms with E-state index in [2.05, 4.69) is 4.98 Å². The Balaban J connectivity index is 1.76. The second-order valence-electron chi connectivity index (χ2n) is 7.68. The van der Waals surface area contributed by atoms with Gasteiger partial charge in [0.1, 0.15) is 17.5 Å². The van der Waals surface area contributed by atoms with Crippen LogP contribution < -0.4 is 0 Å². The van der Waals surface area contributed by atoms with Crippen molar-refractivity contribution in [1.29, 1.82) is 0 Å². The molecule has 2 heterocycles. The van der Waals surface area contributed by atoms with Crippen molar-refractivity contribution in [2.24, 2.45) is 0 Å². The number of carbonyl (C=O) groups is 2. The number of nitrogens with zero attached hydrogens (tertiary/aromatic N) is 2. The molecule has 3 rings (SSSR count). The number of H-pyrrole nitrogens is 1. The molecule has 146 valence electrons. The molecule has 0 saturated carbocycles. The number of amides is 1. The second-order valence-corrected chi connectivity index (χ2v) is 7.68. The zero-order valence-corrected chi connectivity index (χ0v) is 15.7. The first-order chi connectivity index (χ1) is 12.7. The summed E-state index contributed by atoms with van der Waals surface area (Å²) in [6.45, 7) is 7.00. The lowest BCUT2D eigenvalue weighted by Gasteiger charge is -2.38. The zero-order chi connectivity index (χ0) is 19.8. The number of carbonyl (C=O) groups excluding carboxylic acids is 1. The number of aromatic amines is 1. The van der Waals surface area contributed by atoms with E-state index in [9.17, 15) is 19.1 Å². The largest absolute Gasteiger partial charge is 0.480 e. The highest BCUT2D eigenvalue weighted by Gasteiger charge is 2.34. The predicted molar refractivity (Wildman–Crippen MR) is 98.0 cm³/mol. The van der Waals surface area contributed by atoms with E-state index in [4.69, 9.17) is 4.74 Å². The summed E-state index contributed by atoms with van der Waals surface area (Å²) >= 11 is 0. The number of rotatable bonds is 3. The summed E-state index contributed by atoms with van der Waals surface area (Å²) < 4.78 is 18.8. The molecule has 27 heavy (non-hydrogen) atoms. The molecule has 2 aromatic rings. The molecule has 1 amide bonds. The molecule has 1 aliphatic heterocycles. The third-order valence-corrected chi connectivity index (χ3v) is 4.54. The maximum Gasteiger partial charge on any atom is 0.410 e. The highest BCUT2D eigenvalue weighted by molar-refractivity contribution is 5.89. The Hall–Kier alpha value is -2.61. The second kappa shape index (κ2) is 7.19. The molecule has 1 aromatic heterocycles. The van der Waals surface area contributed by atoms with Gasteiger partial charge in [-0.1, -0.05) is 0 Å². The first kappa shape index (κ1) is 19.2. The number of ether oxygens (including phenoxy) is 1. The van der Waals surface area contributed by atoms with Crippen LogP contribution in [0.1, 0.15) is 32.4 Å². The molecular formula is C19H24FN3O4. The van der Waals surface area contributed by atoms with Crippen molar-refractivity contribution in [3.05, 3.63) is 35.8 Å². The minimum atomic E-state index is -0.981. The number of carboxylic acid groups (broad SMARTS) is 1. The third-order valence-electron chi connectivity index (χ3n) is 4.54. The lowest BCUT2D eigenvalue weighted by atomic mass is 10.0. The molecule has 0 bridgehead atoms. The maximum absolute atomic E-state index is 13.4. The number of halogens is 1. The van der Waals surface area contributed by atoms with Gasteiger partial charge < -0.3 is 19.7 Å². The maximum atomic E-state index is 13.4. The average molecular weight is 377 g/mol. The molecule has 8 heteroatoms. The van der Waals surface area contributed by atoms with Crippen molar-refractivity contribution in [3.8, 4) is 0 Å². The van der Waals surface area contributed by atoms with Crippen LogP contribution in [0.3, 0.4) is 0 Å². The van der Waals surface area contributed by atoms with Crippen LogP contribution in [0, 0.1) is 5.82 Å². The average Bonchev–Trinajstić information content (AvgIpc) is 2.96. The SMILES string of the molecule is CC(C)(C)OC(=O)N1CCN([C@@H](C(=O)O)c2c[nH]c3cc(F)ccc23)CC1. The third kappa shape index (κ3) is 4.21. The fourth-order valence-corrected chi connectivity index (χ4v) is 3.32. The molecular weight excluding hydrogens is 353 g/mol. The van der Waals surface area contributed by atoms with E-state index in [1.54, 1.807) is 17.2 Å². The highest BCUT2D eigenvalue weighted by atomic mass is 19.1. The molecule has 1 saturated heterocycles. The van der Waals surface area contributed by atoms with Crippen molar-refractivity contribution in [2.45, 2.75) is 32.4 Å². The van der Waals surface area contributed by atoms with Gasteiger partial charge in [0.2, 0.25) is 0 Å². The molecule has 1 atom stereocenters. The predicted octanol–water partition coefficient (Wildman–Crippen LogP) is 2.99. The smallest absolute Gasteiger partial charge is 0.410 e. The summed E-state index contributed by atoms with van der Waals surface area (Å²) in [5.41, 5.74) is 0.573. The van der Waals surface area contributed by atoms with E-state index in [0.717, 1.165) is 0 Å². The topological polar surface area (TPSA) is 85.9 Å². The van der Waals surface area contributed by atoms with Gasteiger partial charge >= 0.3 is 12.1 Å². The molecule has 0 radical (unpaired) electrons. The molecule has 1 aliphatic rings. The summed E-state index contributed by atoms with van der Waals surface area (Å²) in [7, 11) is 0. The van der Waals surface area contributed by atoms with Crippen LogP contribution in [0.4, 0.5) is 9.18 Å². The lowest BCUT2D eigenvalue weighted by molar-refractivity contribution is -0.144. The molecule has 0 spiro atoms. The molecule has 0 aliphatic carbocycles. The van der Waals surface area contributed by atoms with Crippen molar-refractivity contribution in [2.75, 3.05) is 26.2 Å². The fraction of sp³-hybridized carbons (Fsp3) is 0.474. The molecule has 0 unspecified atom stereocenters. The Bertz CT molecular complexity index is 850. The van der Waals surface area contributed by atoms with Gasteiger partial charge in [0.05, 0.1) is 0 Å². The Labute approximate surface area is 156 Å². The quantitative estimate of drug-likeness (QED) is 0.859. The van der Waals surface area contributed by atoms with Crippen molar-refractivity contribution >= 4 is 23.0 Å². The Morgan fingerprint density at radius 1 is 1.22 bits per heavy atom. The molecule has 2 N–H and O–H groups in total. The summed E-state index contributed by atoms with van der Waals surface area (Å²) in [5, 5.41) is 10.5. The summed E-state index contributed by atoms with van der Waals surface area (Å²) in [4.78, 5) is 30.5. The number of nitrogens with one attached hydrogen (secondary N) is 1. The molecule has 1 fully saturated rings. The zero-order valence-electron chi connectivity index (χ0n) is 15.7. The van der Waals surface area contributed by atoms with Crippen LogP contribution in [-0.4, -0.2) is 63.7 Å². The minimum Gasteiger partial charge on any atom is -0.480 e. The normalized spacial score (nSPS) is 17.1. The number of aliphatic carboxylic acids is 1. The van der Waals surface area contributed by atoms with Crippen LogP contribution in [0.15, 0.2) is 24.4 Å². The van der Waals surface area contributed by atoms with E-state index >= 15 is 0 Å². The number of hydrogen-bond donors (Lipinski definition) is 2. The van der Waals surface area contributed by atoms with Crippen LogP contribution in [0.5, 0.6) is 0 Å². The number of benzene rings is 1. The summed E-state index contributed by atoms with van der Waals surface area (Å²) in [6, 6.07) is 3.38. The monoisotopic (exact) mass is 377 g/mol. The van der Waals surface area contributed by atoms with Crippen LogP contribution >= 0.6 is 0 Å². The fourth-order valence-electron chi connectivity index (χ4n) is 3.32.